The van der Waals surface area contributed by atoms with Gasteiger partial charge >= 0.3 is 0 Å². The average Bonchev–Trinajstić information content (AvgIpc) is 3.31. The Morgan fingerprint density at radius 2 is 1.39 bits per heavy atom. The molecule has 0 bridgehead atoms. The summed E-state index contributed by atoms with van der Waals surface area (Å²) in [5.74, 6) is -0.0625. The molecule has 5 heteroatoms. The molecule has 0 amide bonds. The van der Waals surface area contributed by atoms with Crippen LogP contribution in [0.15, 0.2) is 127 Å². The van der Waals surface area contributed by atoms with Crippen LogP contribution in [0, 0.1) is 6.07 Å². The minimum absolute atomic E-state index is 0. The number of fused-ring (bicyclic) bond motifs is 3. The number of anilines is 3. The van der Waals surface area contributed by atoms with Gasteiger partial charge in [-0.05, 0) is 80.4 Å². The fraction of sp³-hybridized carbons (Fsp3) is 0.179. The predicted octanol–water partition coefficient (Wildman–Crippen LogP) is 10.1. The average molecular weight is 758 g/mol. The third kappa shape index (κ3) is 6.60. The summed E-state index contributed by atoms with van der Waals surface area (Å²) in [6.45, 7) is 7.48. The Labute approximate surface area is 274 Å². The molecule has 5 aromatic rings. The third-order valence-corrected chi connectivity index (χ3v) is 8.12. The molecule has 0 atom stereocenters. The van der Waals surface area contributed by atoms with Gasteiger partial charge in [-0.25, -0.2) is 0 Å². The Morgan fingerprint density at radius 3 is 1.89 bits per heavy atom. The number of allylic oxidation sites excluding steroid dienone is 2. The molecule has 44 heavy (non-hydrogen) atoms. The summed E-state index contributed by atoms with van der Waals surface area (Å²) in [5.41, 5.74) is 10.9. The van der Waals surface area contributed by atoms with E-state index >= 15 is 0 Å². The summed E-state index contributed by atoms with van der Waals surface area (Å²) >= 11 is 0. The topological polar surface area (TPSA) is 53.4 Å². The number of carbonyl (C=O) groups excluding carboxylic acids is 1. The summed E-state index contributed by atoms with van der Waals surface area (Å²) in [5, 5.41) is 8.36. The van der Waals surface area contributed by atoms with Crippen LogP contribution < -0.4 is 4.90 Å². The monoisotopic (exact) mass is 758 g/mol. The molecule has 225 valence electrons. The third-order valence-electron chi connectivity index (χ3n) is 8.12. The van der Waals surface area contributed by atoms with Crippen molar-refractivity contribution in [1.82, 2.24) is 4.98 Å². The van der Waals surface area contributed by atoms with Gasteiger partial charge in [0, 0.05) is 54.9 Å². The van der Waals surface area contributed by atoms with Crippen molar-refractivity contribution in [1.29, 1.82) is 0 Å². The van der Waals surface area contributed by atoms with Crippen molar-refractivity contribution in [3.8, 4) is 22.4 Å². The van der Waals surface area contributed by atoms with Crippen molar-refractivity contribution in [3.05, 3.63) is 144 Å². The van der Waals surface area contributed by atoms with Crippen molar-refractivity contribution < 1.29 is 30.0 Å². The largest absolute Gasteiger partial charge is 0.512 e. The molecule has 1 aliphatic rings. The number of benzene rings is 4. The van der Waals surface area contributed by atoms with Crippen LogP contribution in [0.3, 0.4) is 0 Å². The number of hydrogen-bond acceptors (Lipinski definition) is 4. The molecule has 0 saturated carbocycles. The molecule has 1 aromatic heterocycles. The summed E-state index contributed by atoms with van der Waals surface area (Å²) in [4.78, 5) is 17.0. The van der Waals surface area contributed by atoms with E-state index in [-0.39, 0.29) is 37.1 Å². The van der Waals surface area contributed by atoms with Crippen LogP contribution in [0.25, 0.3) is 22.4 Å². The van der Waals surface area contributed by atoms with Gasteiger partial charge in [-0.3, -0.25) is 4.79 Å². The SMILES string of the molecule is CC(=O)/C=C(/C)O.CCC1(CC)c2cc(-c3ccccn3)[c-]cc2-c2ccc(N(c3ccccc3)c3ccccc3)cc21.[Ir]. The molecular weight excluding hydrogens is 721 g/mol. The van der Waals surface area contributed by atoms with Gasteiger partial charge in [-0.2, -0.15) is 0 Å². The van der Waals surface area contributed by atoms with Crippen molar-refractivity contribution in [2.45, 2.75) is 46.0 Å². The normalized spacial score (nSPS) is 12.6. The molecule has 4 aromatic carbocycles. The predicted molar refractivity (Wildman–Crippen MR) is 177 cm³/mol. The van der Waals surface area contributed by atoms with Crippen molar-refractivity contribution >= 4 is 22.8 Å². The van der Waals surface area contributed by atoms with Gasteiger partial charge in [0.2, 0.25) is 0 Å². The number of aliphatic hydroxyl groups is 1. The number of ketones is 1. The maximum atomic E-state index is 10.0. The van der Waals surface area contributed by atoms with Crippen LogP contribution in [0.4, 0.5) is 17.1 Å². The summed E-state index contributed by atoms with van der Waals surface area (Å²) in [6, 6.07) is 42.3. The molecule has 0 spiro atoms. The number of carbonyl (C=O) groups is 1. The number of nitrogens with zero attached hydrogens (tertiary/aromatic N) is 2. The first kappa shape index (κ1) is 32.6. The number of aromatic nitrogens is 1. The number of pyridine rings is 1. The Hall–Kier alpha value is -4.31. The van der Waals surface area contributed by atoms with Crippen LogP contribution in [0.2, 0.25) is 0 Å². The van der Waals surface area contributed by atoms with Crippen molar-refractivity contribution in [2.75, 3.05) is 4.90 Å². The van der Waals surface area contributed by atoms with E-state index in [4.69, 9.17) is 5.11 Å². The van der Waals surface area contributed by atoms with Gasteiger partial charge in [0.25, 0.3) is 0 Å². The quantitative estimate of drug-likeness (QED) is 0.102. The van der Waals surface area contributed by atoms with Crippen molar-refractivity contribution in [2.24, 2.45) is 0 Å². The maximum absolute atomic E-state index is 10.0. The van der Waals surface area contributed by atoms with Crippen LogP contribution in [-0.2, 0) is 30.3 Å². The van der Waals surface area contributed by atoms with Crippen LogP contribution in [-0.4, -0.2) is 15.9 Å². The number of rotatable bonds is 7. The standard InChI is InChI=1S/C34H29N2.C5H8O2.Ir/c1-3-34(4-2)31-23-25(33-17-11-12-22-35-33)18-20-29(31)30-21-19-28(24-32(30)34)36(26-13-7-5-8-14-26)27-15-9-6-10-16-27;1-4(6)3-5(2)7;/h5-17,19-24H,3-4H2,1-2H3;3,6H,1-2H3;/q-1;;/b;4-3-;. The smallest absolute Gasteiger partial charge is 0.155 e. The zero-order valence-electron chi connectivity index (χ0n) is 25.5. The molecule has 4 nitrogen and oxygen atoms in total. The van der Waals surface area contributed by atoms with E-state index in [0.29, 0.717) is 0 Å². The Morgan fingerprint density at radius 1 is 0.795 bits per heavy atom. The Bertz CT molecular complexity index is 1690. The van der Waals surface area contributed by atoms with E-state index in [1.165, 1.54) is 47.9 Å². The molecule has 1 N–H and O–H groups in total. The van der Waals surface area contributed by atoms with Gasteiger partial charge in [0.15, 0.2) is 5.78 Å². The van der Waals surface area contributed by atoms with E-state index in [0.717, 1.165) is 35.5 Å². The number of aliphatic hydroxyl groups excluding tert-OH is 1. The number of para-hydroxylation sites is 2. The minimum atomic E-state index is -0.125. The van der Waals surface area contributed by atoms with E-state index in [2.05, 4.69) is 127 Å². The van der Waals surface area contributed by atoms with Crippen molar-refractivity contribution in [3.63, 3.8) is 0 Å². The zero-order chi connectivity index (χ0) is 30.4. The fourth-order valence-corrected chi connectivity index (χ4v) is 6.13. The second-order valence-corrected chi connectivity index (χ2v) is 10.8. The van der Waals surface area contributed by atoms with Crippen LogP contribution >= 0.6 is 0 Å². The molecule has 0 aliphatic heterocycles. The van der Waals surface area contributed by atoms with Gasteiger partial charge in [0.1, 0.15) is 0 Å². The summed E-state index contributed by atoms with van der Waals surface area (Å²) in [7, 11) is 0. The summed E-state index contributed by atoms with van der Waals surface area (Å²) < 4.78 is 0. The molecule has 0 saturated heterocycles. The zero-order valence-corrected chi connectivity index (χ0v) is 27.9. The second-order valence-electron chi connectivity index (χ2n) is 10.8. The Balaban J connectivity index is 0.000000497. The van der Waals surface area contributed by atoms with Gasteiger partial charge in [-0.15, -0.1) is 29.3 Å². The molecule has 1 aliphatic carbocycles. The van der Waals surface area contributed by atoms with E-state index in [9.17, 15) is 4.79 Å². The minimum Gasteiger partial charge on any atom is -0.512 e. The first-order valence-corrected chi connectivity index (χ1v) is 14.8. The van der Waals surface area contributed by atoms with E-state index in [1.54, 1.807) is 0 Å². The van der Waals surface area contributed by atoms with E-state index < -0.39 is 0 Å². The molecule has 6 rings (SSSR count). The molecule has 1 heterocycles. The molecule has 1 radical (unpaired) electrons. The first-order chi connectivity index (χ1) is 20.9. The van der Waals surface area contributed by atoms with Gasteiger partial charge in [0.05, 0.1) is 5.76 Å². The van der Waals surface area contributed by atoms with Gasteiger partial charge in [-0.1, -0.05) is 79.6 Å². The molecule has 0 fully saturated rings. The molecule has 0 unspecified atom stereocenters. The summed E-state index contributed by atoms with van der Waals surface area (Å²) in [6.07, 6.45) is 5.09. The fourth-order valence-electron chi connectivity index (χ4n) is 6.13. The number of hydrogen-bond donors (Lipinski definition) is 1. The van der Waals surface area contributed by atoms with Crippen LogP contribution in [0.5, 0.6) is 0 Å². The second kappa shape index (κ2) is 14.4. The molecular formula is C39H37IrN2O2-. The maximum Gasteiger partial charge on any atom is 0.155 e. The van der Waals surface area contributed by atoms with Crippen LogP contribution in [0.1, 0.15) is 51.7 Å². The van der Waals surface area contributed by atoms with Gasteiger partial charge < -0.3 is 15.0 Å². The first-order valence-electron chi connectivity index (χ1n) is 14.8. The van der Waals surface area contributed by atoms with E-state index in [1.807, 2.05) is 18.3 Å². The Kier molecular flexibility index (Phi) is 10.7.